The zero-order chi connectivity index (χ0) is 14.7. The van der Waals surface area contributed by atoms with Crippen LogP contribution >= 0.6 is 43.2 Å². The SMILES string of the molecule is COc1cc(-c2ccc(/C=C/C(=O)O)s2)c(Br)cc1Br. The van der Waals surface area contributed by atoms with E-state index in [9.17, 15) is 4.79 Å². The smallest absolute Gasteiger partial charge is 0.328 e. The third kappa shape index (κ3) is 3.50. The van der Waals surface area contributed by atoms with E-state index >= 15 is 0 Å². The molecule has 0 atom stereocenters. The highest BCUT2D eigenvalue weighted by atomic mass is 79.9. The minimum absolute atomic E-state index is 0.749. The highest BCUT2D eigenvalue weighted by molar-refractivity contribution is 9.11. The van der Waals surface area contributed by atoms with Crippen LogP contribution in [0, 0.1) is 0 Å². The van der Waals surface area contributed by atoms with Crippen molar-refractivity contribution >= 4 is 55.2 Å². The molecule has 1 heterocycles. The van der Waals surface area contributed by atoms with Gasteiger partial charge in [-0.05, 0) is 46.3 Å². The number of thiophene rings is 1. The first-order valence-electron chi connectivity index (χ1n) is 5.55. The Balaban J connectivity index is 2.39. The standard InChI is InChI=1S/C14H10Br2O3S/c1-19-12-6-9(10(15)7-11(12)16)13-4-2-8(20-13)3-5-14(17)18/h2-7H,1H3,(H,17,18)/b5-3+. The molecule has 6 heteroatoms. The summed E-state index contributed by atoms with van der Waals surface area (Å²) in [5, 5.41) is 8.63. The highest BCUT2D eigenvalue weighted by Gasteiger charge is 2.10. The van der Waals surface area contributed by atoms with Crippen LogP contribution in [0.4, 0.5) is 0 Å². The van der Waals surface area contributed by atoms with Gasteiger partial charge in [0.25, 0.3) is 0 Å². The molecular formula is C14H10Br2O3S. The van der Waals surface area contributed by atoms with Crippen LogP contribution in [0.5, 0.6) is 5.75 Å². The summed E-state index contributed by atoms with van der Waals surface area (Å²) < 4.78 is 7.11. The van der Waals surface area contributed by atoms with Crippen LogP contribution < -0.4 is 4.74 Å². The lowest BCUT2D eigenvalue weighted by molar-refractivity contribution is -0.131. The zero-order valence-corrected chi connectivity index (χ0v) is 14.4. The second-order valence-corrected chi connectivity index (χ2v) is 6.66. The van der Waals surface area contributed by atoms with Gasteiger partial charge in [-0.1, -0.05) is 15.9 Å². The maximum Gasteiger partial charge on any atom is 0.328 e. The summed E-state index contributed by atoms with van der Waals surface area (Å²) in [6, 6.07) is 7.71. The fraction of sp³-hybridized carbons (Fsp3) is 0.0714. The molecule has 0 unspecified atom stereocenters. The molecule has 0 radical (unpaired) electrons. The van der Waals surface area contributed by atoms with Crippen LogP contribution in [0.25, 0.3) is 16.5 Å². The maximum absolute atomic E-state index is 10.5. The molecule has 1 N–H and O–H groups in total. The Kier molecular flexibility index (Phi) is 5.01. The van der Waals surface area contributed by atoms with Crippen LogP contribution in [0.15, 0.2) is 39.3 Å². The molecule has 0 aliphatic rings. The predicted molar refractivity (Wildman–Crippen MR) is 88.4 cm³/mol. The van der Waals surface area contributed by atoms with Crippen LogP contribution in [-0.4, -0.2) is 18.2 Å². The number of carbonyl (C=O) groups is 1. The van der Waals surface area contributed by atoms with Gasteiger partial charge in [0, 0.05) is 25.9 Å². The first-order chi connectivity index (χ1) is 9.51. The summed E-state index contributed by atoms with van der Waals surface area (Å²) in [6.07, 6.45) is 2.72. The van der Waals surface area contributed by atoms with Crippen molar-refractivity contribution in [2.75, 3.05) is 7.11 Å². The minimum atomic E-state index is -0.952. The second-order valence-electron chi connectivity index (χ2n) is 3.84. The average molecular weight is 418 g/mol. The number of carboxylic acids is 1. The summed E-state index contributed by atoms with van der Waals surface area (Å²) in [5.41, 5.74) is 1.00. The normalized spacial score (nSPS) is 10.9. The number of halogens is 2. The van der Waals surface area contributed by atoms with Gasteiger partial charge in [0.1, 0.15) is 5.75 Å². The average Bonchev–Trinajstić information content (AvgIpc) is 2.85. The van der Waals surface area contributed by atoms with E-state index in [4.69, 9.17) is 9.84 Å². The molecule has 1 aromatic carbocycles. The lowest BCUT2D eigenvalue weighted by Gasteiger charge is -2.08. The number of ether oxygens (including phenoxy) is 1. The quantitative estimate of drug-likeness (QED) is 0.708. The topological polar surface area (TPSA) is 46.5 Å². The van der Waals surface area contributed by atoms with E-state index in [-0.39, 0.29) is 0 Å². The Morgan fingerprint density at radius 1 is 1.30 bits per heavy atom. The Morgan fingerprint density at radius 3 is 2.70 bits per heavy atom. The van der Waals surface area contributed by atoms with Gasteiger partial charge in [-0.2, -0.15) is 0 Å². The van der Waals surface area contributed by atoms with Gasteiger partial charge in [0.15, 0.2) is 0 Å². The lowest BCUT2D eigenvalue weighted by atomic mass is 10.2. The van der Waals surface area contributed by atoms with E-state index in [1.807, 2.05) is 24.3 Å². The molecule has 0 saturated carbocycles. The van der Waals surface area contributed by atoms with E-state index in [2.05, 4.69) is 31.9 Å². The van der Waals surface area contributed by atoms with Crippen molar-refractivity contribution in [1.29, 1.82) is 0 Å². The molecule has 0 spiro atoms. The second kappa shape index (κ2) is 6.56. The third-order valence-electron chi connectivity index (χ3n) is 2.52. The molecule has 0 fully saturated rings. The highest BCUT2D eigenvalue weighted by Crippen LogP contribution is 2.39. The number of methoxy groups -OCH3 is 1. The Labute approximate surface area is 137 Å². The van der Waals surface area contributed by atoms with Gasteiger partial charge in [-0.15, -0.1) is 11.3 Å². The molecule has 0 aliphatic heterocycles. The van der Waals surface area contributed by atoms with Crippen molar-refractivity contribution in [3.05, 3.63) is 44.2 Å². The Hall–Kier alpha value is -1.11. The largest absolute Gasteiger partial charge is 0.496 e. The zero-order valence-electron chi connectivity index (χ0n) is 10.4. The molecule has 3 nitrogen and oxygen atoms in total. The molecule has 0 amide bonds. The van der Waals surface area contributed by atoms with Crippen molar-refractivity contribution in [2.45, 2.75) is 0 Å². The van der Waals surface area contributed by atoms with Crippen LogP contribution in [0.2, 0.25) is 0 Å². The van der Waals surface area contributed by atoms with Crippen molar-refractivity contribution in [1.82, 2.24) is 0 Å². The number of benzene rings is 1. The van der Waals surface area contributed by atoms with Gasteiger partial charge in [-0.3, -0.25) is 0 Å². The molecule has 1 aromatic heterocycles. The Bertz CT molecular complexity index is 677. The van der Waals surface area contributed by atoms with E-state index in [0.29, 0.717) is 0 Å². The fourth-order valence-electron chi connectivity index (χ4n) is 1.61. The fourth-order valence-corrected chi connectivity index (χ4v) is 4.06. The van der Waals surface area contributed by atoms with Crippen molar-refractivity contribution in [3.63, 3.8) is 0 Å². The van der Waals surface area contributed by atoms with E-state index in [1.165, 1.54) is 11.3 Å². The molecule has 2 rings (SSSR count). The monoisotopic (exact) mass is 416 g/mol. The Morgan fingerprint density at radius 2 is 2.05 bits per heavy atom. The van der Waals surface area contributed by atoms with Gasteiger partial charge in [0.2, 0.25) is 0 Å². The maximum atomic E-state index is 10.5. The van der Waals surface area contributed by atoms with Crippen LogP contribution in [0.1, 0.15) is 4.88 Å². The minimum Gasteiger partial charge on any atom is -0.496 e. The van der Waals surface area contributed by atoms with Crippen molar-refractivity contribution < 1.29 is 14.6 Å². The predicted octanol–water partition coefficient (Wildman–Crippen LogP) is 5.05. The summed E-state index contributed by atoms with van der Waals surface area (Å²) in [6.45, 7) is 0. The van der Waals surface area contributed by atoms with E-state index < -0.39 is 5.97 Å². The summed E-state index contributed by atoms with van der Waals surface area (Å²) in [4.78, 5) is 12.4. The van der Waals surface area contributed by atoms with Gasteiger partial charge in [-0.25, -0.2) is 4.79 Å². The van der Waals surface area contributed by atoms with E-state index in [0.717, 1.165) is 36.1 Å². The molecule has 2 aromatic rings. The lowest BCUT2D eigenvalue weighted by Crippen LogP contribution is -1.86. The molecule has 0 saturated heterocycles. The van der Waals surface area contributed by atoms with Crippen LogP contribution in [0.3, 0.4) is 0 Å². The van der Waals surface area contributed by atoms with Crippen molar-refractivity contribution in [2.24, 2.45) is 0 Å². The van der Waals surface area contributed by atoms with Crippen molar-refractivity contribution in [3.8, 4) is 16.2 Å². The molecule has 20 heavy (non-hydrogen) atoms. The molecule has 0 aliphatic carbocycles. The van der Waals surface area contributed by atoms with Gasteiger partial charge in [0.05, 0.1) is 11.6 Å². The first-order valence-corrected chi connectivity index (χ1v) is 7.95. The number of hydrogen-bond acceptors (Lipinski definition) is 3. The third-order valence-corrected chi connectivity index (χ3v) is 4.88. The van der Waals surface area contributed by atoms with Gasteiger partial charge >= 0.3 is 5.97 Å². The number of rotatable bonds is 4. The molecule has 104 valence electrons. The molecule has 0 bridgehead atoms. The molecular weight excluding hydrogens is 408 g/mol. The first kappa shape index (κ1) is 15.3. The van der Waals surface area contributed by atoms with E-state index in [1.54, 1.807) is 13.2 Å². The summed E-state index contributed by atoms with van der Waals surface area (Å²) >= 11 is 8.48. The van der Waals surface area contributed by atoms with Crippen LogP contribution in [-0.2, 0) is 4.79 Å². The summed E-state index contributed by atoms with van der Waals surface area (Å²) in [7, 11) is 1.62. The number of hydrogen-bond donors (Lipinski definition) is 1. The van der Waals surface area contributed by atoms with Gasteiger partial charge < -0.3 is 9.84 Å². The number of aliphatic carboxylic acids is 1. The number of carboxylic acid groups (broad SMARTS) is 1. The summed E-state index contributed by atoms with van der Waals surface area (Å²) in [5.74, 6) is -0.203.